The number of aromatic nitrogens is 2. The predicted octanol–water partition coefficient (Wildman–Crippen LogP) is 3.06. The van der Waals surface area contributed by atoms with E-state index in [1.165, 1.54) is 11.4 Å². The van der Waals surface area contributed by atoms with E-state index >= 15 is 0 Å². The van der Waals surface area contributed by atoms with Crippen LogP contribution in [0.25, 0.3) is 0 Å². The highest BCUT2D eigenvalue weighted by molar-refractivity contribution is 7.11. The molecule has 0 amide bonds. The van der Waals surface area contributed by atoms with Gasteiger partial charge in [-0.25, -0.2) is 0 Å². The highest BCUT2D eigenvalue weighted by Crippen LogP contribution is 2.14. The van der Waals surface area contributed by atoms with Crippen molar-refractivity contribution in [2.24, 2.45) is 5.92 Å². The van der Waals surface area contributed by atoms with Crippen LogP contribution in [0.5, 0.6) is 0 Å². The van der Waals surface area contributed by atoms with Gasteiger partial charge in [0.05, 0.1) is 0 Å². The Morgan fingerprint density at radius 3 is 2.24 bits per heavy atom. The van der Waals surface area contributed by atoms with E-state index in [1.54, 1.807) is 11.3 Å². The molecule has 0 saturated carbocycles. The highest BCUT2D eigenvalue weighted by Gasteiger charge is 2.09. The Hall–Kier alpha value is -0.480. The smallest absolute Gasteiger partial charge is 0.118 e. The summed E-state index contributed by atoms with van der Waals surface area (Å²) in [7, 11) is 0. The van der Waals surface area contributed by atoms with Gasteiger partial charge in [0.15, 0.2) is 0 Å². The molecule has 1 aromatic heterocycles. The highest BCUT2D eigenvalue weighted by atomic mass is 32.1. The van der Waals surface area contributed by atoms with Crippen LogP contribution in [0.3, 0.4) is 0 Å². The van der Waals surface area contributed by atoms with E-state index in [4.69, 9.17) is 0 Å². The van der Waals surface area contributed by atoms with Crippen molar-refractivity contribution in [3.8, 4) is 0 Å². The lowest BCUT2D eigenvalue weighted by molar-refractivity contribution is 0.429. The van der Waals surface area contributed by atoms with E-state index in [9.17, 15) is 0 Å². The topological polar surface area (TPSA) is 37.8 Å². The lowest BCUT2D eigenvalue weighted by Gasteiger charge is -2.19. The van der Waals surface area contributed by atoms with E-state index in [2.05, 4.69) is 50.1 Å². The third kappa shape index (κ3) is 6.74. The van der Waals surface area contributed by atoms with Gasteiger partial charge in [-0.1, -0.05) is 13.8 Å². The average molecular weight is 255 g/mol. The molecule has 0 fully saturated rings. The molecule has 17 heavy (non-hydrogen) atoms. The molecule has 0 saturated heterocycles. The van der Waals surface area contributed by atoms with Crippen molar-refractivity contribution in [2.45, 2.75) is 59.4 Å². The van der Waals surface area contributed by atoms with E-state index < -0.39 is 0 Å². The lowest BCUT2D eigenvalue weighted by Crippen LogP contribution is -2.37. The van der Waals surface area contributed by atoms with Gasteiger partial charge in [-0.3, -0.25) is 0 Å². The van der Waals surface area contributed by atoms with Crippen LogP contribution in [0.1, 0.15) is 51.1 Å². The Bertz CT molecular complexity index is 326. The van der Waals surface area contributed by atoms with Crippen LogP contribution in [0, 0.1) is 5.92 Å². The second kappa shape index (κ2) is 6.45. The van der Waals surface area contributed by atoms with Gasteiger partial charge in [-0.05, 0) is 33.1 Å². The van der Waals surface area contributed by atoms with E-state index in [1.807, 2.05) is 0 Å². The van der Waals surface area contributed by atoms with Crippen LogP contribution in [-0.4, -0.2) is 22.3 Å². The average Bonchev–Trinajstić information content (AvgIpc) is 2.61. The zero-order valence-corrected chi connectivity index (χ0v) is 12.5. The maximum atomic E-state index is 4.24. The first-order valence-corrected chi connectivity index (χ1v) is 7.25. The molecule has 0 aliphatic rings. The molecule has 0 spiro atoms. The molecule has 1 N–H and O–H groups in total. The third-order valence-corrected chi connectivity index (χ3v) is 3.48. The summed E-state index contributed by atoms with van der Waals surface area (Å²) < 4.78 is 0. The molecule has 0 bridgehead atoms. The molecule has 98 valence electrons. The number of nitrogens with one attached hydrogen (secondary N) is 1. The van der Waals surface area contributed by atoms with E-state index in [0.29, 0.717) is 0 Å². The molecule has 0 aliphatic carbocycles. The van der Waals surface area contributed by atoms with Gasteiger partial charge in [0.1, 0.15) is 10.0 Å². The van der Waals surface area contributed by atoms with Crippen LogP contribution in [-0.2, 0) is 12.8 Å². The zero-order chi connectivity index (χ0) is 12.9. The molecule has 0 unspecified atom stereocenters. The lowest BCUT2D eigenvalue weighted by atomic mass is 10.1. The van der Waals surface area contributed by atoms with Crippen molar-refractivity contribution in [1.82, 2.24) is 15.5 Å². The zero-order valence-electron chi connectivity index (χ0n) is 11.7. The van der Waals surface area contributed by atoms with E-state index in [0.717, 1.165) is 30.3 Å². The molecule has 0 aromatic carbocycles. The maximum Gasteiger partial charge on any atom is 0.118 e. The van der Waals surface area contributed by atoms with Gasteiger partial charge in [0.25, 0.3) is 0 Å². The normalized spacial score (nSPS) is 12.4. The summed E-state index contributed by atoms with van der Waals surface area (Å²) in [4.78, 5) is 0. The molecular weight excluding hydrogens is 230 g/mol. The Kier molecular flexibility index (Phi) is 5.53. The quantitative estimate of drug-likeness (QED) is 0.849. The summed E-state index contributed by atoms with van der Waals surface area (Å²) in [6, 6.07) is 0. The molecule has 1 aromatic rings. The third-order valence-electron chi connectivity index (χ3n) is 2.44. The van der Waals surface area contributed by atoms with Gasteiger partial charge in [0.2, 0.25) is 0 Å². The molecule has 0 atom stereocenters. The number of hydrogen-bond acceptors (Lipinski definition) is 4. The van der Waals surface area contributed by atoms with Gasteiger partial charge in [-0.2, -0.15) is 0 Å². The number of rotatable bonds is 6. The number of nitrogens with zero attached hydrogens (tertiary/aromatic N) is 2. The molecule has 1 rings (SSSR count). The Balaban J connectivity index is 2.31. The maximum absolute atomic E-state index is 4.24. The van der Waals surface area contributed by atoms with E-state index in [-0.39, 0.29) is 5.54 Å². The SMILES string of the molecule is CC(C)CCc1nnc(CCNC(C)(C)C)s1. The molecule has 0 aliphatic heterocycles. The predicted molar refractivity (Wildman–Crippen MR) is 74.5 cm³/mol. The monoisotopic (exact) mass is 255 g/mol. The summed E-state index contributed by atoms with van der Waals surface area (Å²) in [5.74, 6) is 0.741. The Morgan fingerprint density at radius 2 is 1.71 bits per heavy atom. The largest absolute Gasteiger partial charge is 0.312 e. The molecule has 4 heteroatoms. The van der Waals surface area contributed by atoms with Crippen molar-refractivity contribution in [3.05, 3.63) is 10.0 Å². The summed E-state index contributed by atoms with van der Waals surface area (Å²) >= 11 is 1.76. The van der Waals surface area contributed by atoms with Crippen molar-refractivity contribution in [3.63, 3.8) is 0 Å². The number of hydrogen-bond donors (Lipinski definition) is 1. The van der Waals surface area contributed by atoms with Gasteiger partial charge >= 0.3 is 0 Å². The van der Waals surface area contributed by atoms with Crippen LogP contribution in [0.15, 0.2) is 0 Å². The van der Waals surface area contributed by atoms with Crippen molar-refractivity contribution < 1.29 is 0 Å². The first kappa shape index (κ1) is 14.6. The first-order valence-electron chi connectivity index (χ1n) is 6.43. The fraction of sp³-hybridized carbons (Fsp3) is 0.846. The molecular formula is C13H25N3S. The first-order chi connectivity index (χ1) is 7.87. The summed E-state index contributed by atoms with van der Waals surface area (Å²) in [6.07, 6.45) is 3.26. The van der Waals surface area contributed by atoms with Crippen LogP contribution in [0.4, 0.5) is 0 Å². The fourth-order valence-corrected chi connectivity index (χ4v) is 2.31. The second-order valence-electron chi connectivity index (χ2n) is 5.95. The van der Waals surface area contributed by atoms with Crippen LogP contribution < -0.4 is 5.32 Å². The summed E-state index contributed by atoms with van der Waals surface area (Å²) in [5, 5.41) is 14.3. The Labute approximate surface area is 109 Å². The molecule has 1 heterocycles. The summed E-state index contributed by atoms with van der Waals surface area (Å²) in [6.45, 7) is 12.0. The molecule has 0 radical (unpaired) electrons. The second-order valence-corrected chi connectivity index (χ2v) is 7.10. The minimum atomic E-state index is 0.186. The number of aryl methyl sites for hydroxylation is 1. The van der Waals surface area contributed by atoms with Crippen molar-refractivity contribution >= 4 is 11.3 Å². The minimum Gasteiger partial charge on any atom is -0.312 e. The summed E-state index contributed by atoms with van der Waals surface area (Å²) in [5.41, 5.74) is 0.186. The van der Waals surface area contributed by atoms with Crippen molar-refractivity contribution in [1.29, 1.82) is 0 Å². The van der Waals surface area contributed by atoms with Gasteiger partial charge in [-0.15, -0.1) is 21.5 Å². The van der Waals surface area contributed by atoms with Gasteiger partial charge in [0, 0.05) is 24.9 Å². The Morgan fingerprint density at radius 1 is 1.12 bits per heavy atom. The fourth-order valence-electron chi connectivity index (χ4n) is 1.45. The standard InChI is InChI=1S/C13H25N3S/c1-10(2)6-7-11-15-16-12(17-11)8-9-14-13(3,4)5/h10,14H,6-9H2,1-5H3. The van der Waals surface area contributed by atoms with Crippen LogP contribution in [0.2, 0.25) is 0 Å². The van der Waals surface area contributed by atoms with Crippen LogP contribution >= 0.6 is 11.3 Å². The molecule has 3 nitrogen and oxygen atoms in total. The van der Waals surface area contributed by atoms with Gasteiger partial charge < -0.3 is 5.32 Å². The minimum absolute atomic E-state index is 0.186. The van der Waals surface area contributed by atoms with Crippen molar-refractivity contribution in [2.75, 3.05) is 6.54 Å².